The van der Waals surface area contributed by atoms with E-state index >= 15 is 0 Å². The van der Waals surface area contributed by atoms with Crippen molar-refractivity contribution < 1.29 is 58.9 Å². The van der Waals surface area contributed by atoms with E-state index in [1.807, 2.05) is 0 Å². The average molecular weight is 367 g/mol. The van der Waals surface area contributed by atoms with Crippen molar-refractivity contribution in [3.8, 4) is 0 Å². The summed E-state index contributed by atoms with van der Waals surface area (Å²) < 4.78 is 0. The fourth-order valence-corrected chi connectivity index (χ4v) is 1.94. The van der Waals surface area contributed by atoms with Gasteiger partial charge in [0.05, 0.1) is 0 Å². The van der Waals surface area contributed by atoms with Crippen LogP contribution in [0, 0.1) is 6.04 Å². The Balaban J connectivity index is -0.000000281. The zero-order chi connectivity index (χ0) is 11.1. The largest absolute Gasteiger partial charge is 4.00 e. The molecule has 1 aliphatic heterocycles. The first-order chi connectivity index (χ1) is 7.20. The van der Waals surface area contributed by atoms with E-state index in [1.54, 1.807) is 0 Å². The standard InChI is InChI=1S/C12H26N3.3ClH.Ti/c1-12-6-8-13-7-4-9-14(2)10-5-11-15(12)3;;;;/h13H,4-11H2,1-3H3;3*1H;/q-1;;;;+4/p-3. The SMILES string of the molecule is C[C-]1CCNCCCN(C)CCCN1C.[Cl-].[Cl-].[Cl-].[Ti+4]. The summed E-state index contributed by atoms with van der Waals surface area (Å²) in [6.45, 7) is 8.16. The van der Waals surface area contributed by atoms with Gasteiger partial charge in [-0.15, -0.1) is 0 Å². The molecule has 1 fully saturated rings. The van der Waals surface area contributed by atoms with Gasteiger partial charge in [0.2, 0.25) is 0 Å². The number of nitrogens with zero attached hydrogens (tertiary/aromatic N) is 2. The molecule has 19 heavy (non-hydrogen) atoms. The number of rotatable bonds is 0. The minimum Gasteiger partial charge on any atom is -1.00 e. The molecular formula is C12H26Cl3N3Ti. The second-order valence-electron chi connectivity index (χ2n) is 4.67. The minimum absolute atomic E-state index is 0. The second kappa shape index (κ2) is 17.5. The minimum atomic E-state index is 0. The summed E-state index contributed by atoms with van der Waals surface area (Å²) in [6, 6.07) is 1.51. The molecule has 0 amide bonds. The second-order valence-corrected chi connectivity index (χ2v) is 4.67. The molecule has 1 saturated heterocycles. The van der Waals surface area contributed by atoms with E-state index in [4.69, 9.17) is 0 Å². The van der Waals surface area contributed by atoms with Gasteiger partial charge in [0, 0.05) is 0 Å². The van der Waals surface area contributed by atoms with Crippen LogP contribution in [0.4, 0.5) is 0 Å². The molecule has 1 aliphatic rings. The molecule has 0 radical (unpaired) electrons. The smallest absolute Gasteiger partial charge is 1.00 e. The molecule has 0 aromatic heterocycles. The van der Waals surface area contributed by atoms with E-state index in [-0.39, 0.29) is 58.9 Å². The fraction of sp³-hybridized carbons (Fsp3) is 0.917. The van der Waals surface area contributed by atoms with Gasteiger partial charge in [0.25, 0.3) is 0 Å². The molecule has 1 N–H and O–H groups in total. The first-order valence-corrected chi connectivity index (χ1v) is 6.13. The summed E-state index contributed by atoms with van der Waals surface area (Å²) in [7, 11) is 4.43. The van der Waals surface area contributed by atoms with E-state index in [0.717, 1.165) is 13.1 Å². The summed E-state index contributed by atoms with van der Waals surface area (Å²) in [5.74, 6) is 0. The number of halogens is 3. The maximum absolute atomic E-state index is 3.50. The van der Waals surface area contributed by atoms with Crippen molar-refractivity contribution in [3.63, 3.8) is 0 Å². The molecule has 0 unspecified atom stereocenters. The Morgan fingerprint density at radius 1 is 0.895 bits per heavy atom. The van der Waals surface area contributed by atoms with Crippen molar-refractivity contribution in [3.05, 3.63) is 6.04 Å². The summed E-state index contributed by atoms with van der Waals surface area (Å²) in [5, 5.41) is 3.50. The third-order valence-corrected chi connectivity index (χ3v) is 3.24. The Bertz CT molecular complexity index is 178. The molecule has 0 aromatic carbocycles. The molecule has 114 valence electrons. The third-order valence-electron chi connectivity index (χ3n) is 3.24. The van der Waals surface area contributed by atoms with Crippen LogP contribution >= 0.6 is 0 Å². The molecule has 0 aromatic rings. The zero-order valence-corrected chi connectivity index (χ0v) is 16.0. The first-order valence-electron chi connectivity index (χ1n) is 6.13. The van der Waals surface area contributed by atoms with Crippen molar-refractivity contribution >= 4 is 0 Å². The van der Waals surface area contributed by atoms with Crippen molar-refractivity contribution in [1.29, 1.82) is 0 Å². The van der Waals surface area contributed by atoms with E-state index in [0.29, 0.717) is 0 Å². The van der Waals surface area contributed by atoms with E-state index < -0.39 is 0 Å². The molecule has 0 saturated carbocycles. The maximum atomic E-state index is 3.50. The van der Waals surface area contributed by atoms with Crippen molar-refractivity contribution in [2.75, 3.05) is 46.8 Å². The maximum Gasteiger partial charge on any atom is 4.00 e. The Morgan fingerprint density at radius 2 is 1.47 bits per heavy atom. The number of nitrogens with one attached hydrogen (secondary N) is 1. The van der Waals surface area contributed by atoms with Gasteiger partial charge in [0.1, 0.15) is 0 Å². The molecule has 0 bridgehead atoms. The van der Waals surface area contributed by atoms with Gasteiger partial charge in [-0.2, -0.15) is 13.3 Å². The van der Waals surface area contributed by atoms with Gasteiger partial charge < -0.3 is 52.3 Å². The van der Waals surface area contributed by atoms with Gasteiger partial charge in [-0.05, 0) is 59.7 Å². The van der Waals surface area contributed by atoms with Crippen LogP contribution < -0.4 is 42.5 Å². The molecule has 1 rings (SSSR count). The third kappa shape index (κ3) is 14.2. The van der Waals surface area contributed by atoms with Crippen molar-refractivity contribution in [2.24, 2.45) is 0 Å². The van der Waals surface area contributed by atoms with E-state index in [1.165, 1.54) is 44.9 Å². The summed E-state index contributed by atoms with van der Waals surface area (Å²) in [5.41, 5.74) is 0. The number of hydrogen-bond donors (Lipinski definition) is 1. The van der Waals surface area contributed by atoms with Crippen LogP contribution in [0.2, 0.25) is 0 Å². The molecule has 1 heterocycles. The van der Waals surface area contributed by atoms with E-state index in [2.05, 4.69) is 36.1 Å². The van der Waals surface area contributed by atoms with Crippen LogP contribution in [-0.2, 0) is 21.7 Å². The van der Waals surface area contributed by atoms with Gasteiger partial charge in [-0.1, -0.05) is 0 Å². The van der Waals surface area contributed by atoms with Gasteiger partial charge in [-0.25, -0.2) is 0 Å². The van der Waals surface area contributed by atoms with Crippen LogP contribution in [-0.4, -0.2) is 56.6 Å². The Kier molecular flexibility index (Phi) is 26.4. The fourth-order valence-electron chi connectivity index (χ4n) is 1.94. The monoisotopic (exact) mass is 365 g/mol. The number of hydrogen-bond acceptors (Lipinski definition) is 3. The van der Waals surface area contributed by atoms with Gasteiger partial charge >= 0.3 is 21.7 Å². The molecule has 7 heteroatoms. The van der Waals surface area contributed by atoms with Crippen molar-refractivity contribution in [2.45, 2.75) is 26.2 Å². The van der Waals surface area contributed by atoms with Crippen LogP contribution in [0.5, 0.6) is 0 Å². The Morgan fingerprint density at radius 3 is 2.11 bits per heavy atom. The molecule has 0 atom stereocenters. The van der Waals surface area contributed by atoms with Crippen LogP contribution in [0.3, 0.4) is 0 Å². The molecule has 0 aliphatic carbocycles. The Labute approximate surface area is 152 Å². The molecule has 0 spiro atoms. The van der Waals surface area contributed by atoms with Gasteiger partial charge in [-0.3, -0.25) is 6.04 Å². The molecular weight excluding hydrogens is 340 g/mol. The normalized spacial score (nSPS) is 20.4. The zero-order valence-electron chi connectivity index (χ0n) is 12.2. The van der Waals surface area contributed by atoms with E-state index in [9.17, 15) is 0 Å². The topological polar surface area (TPSA) is 18.5 Å². The predicted molar refractivity (Wildman–Crippen MR) is 65.8 cm³/mol. The summed E-state index contributed by atoms with van der Waals surface area (Å²) in [4.78, 5) is 4.84. The molecule has 3 nitrogen and oxygen atoms in total. The summed E-state index contributed by atoms with van der Waals surface area (Å²) >= 11 is 0. The van der Waals surface area contributed by atoms with Crippen LogP contribution in [0.25, 0.3) is 0 Å². The van der Waals surface area contributed by atoms with Crippen LogP contribution in [0.15, 0.2) is 0 Å². The quantitative estimate of drug-likeness (QED) is 0.339. The van der Waals surface area contributed by atoms with Crippen molar-refractivity contribution in [1.82, 2.24) is 15.1 Å². The first kappa shape index (κ1) is 28.6. The van der Waals surface area contributed by atoms with Gasteiger partial charge in [0.15, 0.2) is 0 Å². The van der Waals surface area contributed by atoms with Crippen LogP contribution in [0.1, 0.15) is 26.2 Å². The Hall–Kier alpha value is 1.46. The summed E-state index contributed by atoms with van der Waals surface area (Å²) in [6.07, 6.45) is 3.73. The predicted octanol–water partition coefficient (Wildman–Crippen LogP) is -7.82. The average Bonchev–Trinajstić information content (AvgIpc) is 2.21.